The smallest absolute Gasteiger partial charge is 0.335 e. The first-order valence-corrected chi connectivity index (χ1v) is 32.9. The van der Waals surface area contributed by atoms with Gasteiger partial charge in [0.25, 0.3) is 62.9 Å². The monoisotopic (exact) mass is 1650 g/mol. The van der Waals surface area contributed by atoms with Crippen molar-refractivity contribution in [2.75, 3.05) is 12.8 Å². The van der Waals surface area contributed by atoms with Gasteiger partial charge in [-0.3, -0.25) is 57.5 Å². The van der Waals surface area contributed by atoms with Crippen molar-refractivity contribution in [1.82, 2.24) is 0 Å². The molecule has 101 heavy (non-hydrogen) atoms. The number of ether oxygens (including phenoxy) is 1. The molecule has 0 saturated carbocycles. The molecule has 2 N–H and O–H groups in total. The number of carboxylic acid groups (broad SMARTS) is 2. The van der Waals surface area contributed by atoms with E-state index in [9.17, 15) is 67.1 Å². The minimum absolute atomic E-state index is 0.0833. The van der Waals surface area contributed by atoms with Crippen LogP contribution in [0.25, 0.3) is 11.1 Å². The summed E-state index contributed by atoms with van der Waals surface area (Å²) in [5.74, 6) is -1.00. The summed E-state index contributed by atoms with van der Waals surface area (Å²) in [5, 5.41) is 10.3. The van der Waals surface area contributed by atoms with E-state index in [0.717, 1.165) is 11.1 Å². The van der Waals surface area contributed by atoms with E-state index >= 15 is 0 Å². The van der Waals surface area contributed by atoms with E-state index in [1.807, 2.05) is 0 Å². The van der Waals surface area contributed by atoms with Gasteiger partial charge >= 0.3 is 11.9 Å². The molecule has 0 aliphatic rings. The number of benzene rings is 9. The minimum Gasteiger partial charge on any atom is -0.478 e. The molecule has 0 unspecified atom stereocenters. The van der Waals surface area contributed by atoms with Gasteiger partial charge in [-0.1, -0.05) is 60.7 Å². The molecular formula is C70H44Cl14O17. The highest BCUT2D eigenvalue weighted by atomic mass is 35.5. The molecule has 9 aromatic rings. The summed E-state index contributed by atoms with van der Waals surface area (Å²) in [6.07, 6.45) is 2.94. The largest absolute Gasteiger partial charge is 0.478 e. The molecule has 0 fully saturated rings. The third kappa shape index (κ3) is 34.8. The molecule has 31 heteroatoms. The average molecular weight is 1650 g/mol. The quantitative estimate of drug-likeness (QED) is 0.0632. The van der Waals surface area contributed by atoms with Gasteiger partial charge in [0.05, 0.1) is 11.1 Å². The van der Waals surface area contributed by atoms with Gasteiger partial charge in [0.2, 0.25) is 0 Å². The van der Waals surface area contributed by atoms with Crippen molar-refractivity contribution >= 4 is 237 Å². The van der Waals surface area contributed by atoms with Crippen molar-refractivity contribution < 1.29 is 82.1 Å². The average Bonchev–Trinajstić information content (AvgIpc) is 0.956. The molecule has 0 spiro atoms. The van der Waals surface area contributed by atoms with Gasteiger partial charge in [-0.2, -0.15) is 0 Å². The Kier molecular flexibility index (Phi) is 43.7. The molecule has 17 nitrogen and oxygen atoms in total. The van der Waals surface area contributed by atoms with Crippen molar-refractivity contribution in [2.24, 2.45) is 0 Å². The molecule has 0 bridgehead atoms. The second-order valence-corrected chi connectivity index (χ2v) is 22.2. The van der Waals surface area contributed by atoms with Crippen LogP contribution in [0.2, 0.25) is 0 Å². The number of aromatic carboxylic acids is 2. The third-order valence-corrected chi connectivity index (χ3v) is 14.3. The molecule has 0 atom stereocenters. The van der Waals surface area contributed by atoms with Gasteiger partial charge in [0.15, 0.2) is 0 Å². The summed E-state index contributed by atoms with van der Waals surface area (Å²) < 4.78 is 5.54. The van der Waals surface area contributed by atoms with Crippen molar-refractivity contribution in [3.05, 3.63) is 296 Å². The Bertz CT molecular complexity index is 3870. The Morgan fingerprint density at radius 3 is 0.495 bits per heavy atom. The van der Waals surface area contributed by atoms with Crippen molar-refractivity contribution in [1.29, 1.82) is 0 Å². The molecule has 9 aromatic carbocycles. The summed E-state index contributed by atoms with van der Waals surface area (Å²) in [7, 11) is 0. The number of rotatable bonds is 17. The Labute approximate surface area is 645 Å². The van der Waals surface area contributed by atoms with Crippen LogP contribution >= 0.6 is 162 Å². The van der Waals surface area contributed by atoms with Crippen LogP contribution in [0.5, 0.6) is 11.5 Å². The maximum Gasteiger partial charge on any atom is 0.335 e. The van der Waals surface area contributed by atoms with Gasteiger partial charge in [-0.15, -0.1) is 23.2 Å². The van der Waals surface area contributed by atoms with E-state index in [2.05, 4.69) is 23.2 Å². The molecule has 0 radical (unpaired) electrons. The summed E-state index contributed by atoms with van der Waals surface area (Å²) in [6.45, 7) is 0. The second-order valence-electron chi connectivity index (χ2n) is 18.1. The molecular weight excluding hydrogens is 1610 g/mol. The fraction of sp³-hybridized carbons (Fsp3) is 0.0286. The first-order chi connectivity index (χ1) is 47.7. The zero-order valence-corrected chi connectivity index (χ0v) is 61.7. The molecule has 0 aliphatic heterocycles. The van der Waals surface area contributed by atoms with Gasteiger partial charge in [0.1, 0.15) is 11.5 Å². The Morgan fingerprint density at radius 2 is 0.347 bits per heavy atom. The van der Waals surface area contributed by atoms with E-state index in [1.165, 1.54) is 122 Å². The number of hydrogen-bond acceptors (Lipinski definition) is 15. The molecule has 0 amide bonds. The number of carboxylic acids is 2. The molecule has 0 saturated heterocycles. The lowest BCUT2D eigenvalue weighted by atomic mass is 10.0. The topological polar surface area (TPSA) is 289 Å². The van der Waals surface area contributed by atoms with E-state index in [1.54, 1.807) is 109 Å². The summed E-state index contributed by atoms with van der Waals surface area (Å²) in [6, 6.07) is 55.1. The Balaban J connectivity index is 0.000000589. The van der Waals surface area contributed by atoms with E-state index in [4.69, 9.17) is 154 Å². The lowest BCUT2D eigenvalue weighted by Gasteiger charge is -2.06. The Hall–Kier alpha value is -8.18. The zero-order valence-electron chi connectivity index (χ0n) is 51.1. The summed E-state index contributed by atoms with van der Waals surface area (Å²) in [5.41, 5.74) is 6.19. The highest BCUT2D eigenvalue weighted by Gasteiger charge is 2.12. The SMILES string of the molecule is CCl.CCl.O=C(Cl)c1ccc(-c2ccc(C(=O)Cl)cc2)cc1.O=C(Cl)c1ccc(C(=O)Cl)cc1.O=C(Cl)c1ccc(C(=O)Cl)cc1.O=C(Cl)c1ccc(Oc2ccc(C(=O)Cl)cc2)cc1.O=C(Cl)c1cccc(C(=O)Cl)c1.O=C(Cl)c1cccc(C(=O)Cl)c1.O=C(O)c1ccc(C(=O)O)cc1. The van der Waals surface area contributed by atoms with E-state index in [-0.39, 0.29) is 33.4 Å². The maximum atomic E-state index is 10.9. The highest BCUT2D eigenvalue weighted by molar-refractivity contribution is 6.72. The lowest BCUT2D eigenvalue weighted by Crippen LogP contribution is -1.99. The first kappa shape index (κ1) is 90.8. The first-order valence-electron chi connectivity index (χ1n) is 26.9. The number of hydrogen-bond donors (Lipinski definition) is 2. The number of carbonyl (C=O) groups is 14. The van der Waals surface area contributed by atoms with Crippen molar-refractivity contribution in [3.63, 3.8) is 0 Å². The zero-order chi connectivity index (χ0) is 76.6. The normalized spacial score (nSPS) is 9.43. The fourth-order valence-electron chi connectivity index (χ4n) is 6.78. The predicted octanol–water partition coefficient (Wildman–Crippen LogP) is 20.9. The van der Waals surface area contributed by atoms with Crippen molar-refractivity contribution in [3.8, 4) is 22.6 Å². The van der Waals surface area contributed by atoms with Crippen LogP contribution in [0.3, 0.4) is 0 Å². The molecule has 524 valence electrons. The van der Waals surface area contributed by atoms with Crippen LogP contribution in [0.1, 0.15) is 145 Å². The minimum atomic E-state index is -1.06. The standard InChI is InChI=1S/C14H8Cl2O3.C14H8Cl2O2.4C8H4Cl2O2.C8H6O4.2CH3Cl/c15-13(17)9-1-5-11(6-2-9)19-12-7-3-10(4-8-12)14(16)18;15-13(17)11-5-1-9(2-6-11)10-3-7-12(8-4-10)14(16)18;2*9-7(11)5-1-2-6(4-3-5)8(10)12;2*9-7(11)5-2-1-3-6(4-5)8(10)12;9-7(10)5-1-2-6(4-3-5)8(11)12;2*1-2/h1-8H;1-8H;4*1-4H;1-4H,(H,9,10)(H,11,12);2*1H3. The van der Waals surface area contributed by atoms with Gasteiger partial charge in [0, 0.05) is 79.5 Å². The van der Waals surface area contributed by atoms with Crippen LogP contribution in [0, 0.1) is 0 Å². The molecule has 0 heterocycles. The third-order valence-electron chi connectivity index (χ3n) is 11.6. The van der Waals surface area contributed by atoms with Crippen LogP contribution in [0.4, 0.5) is 0 Å². The van der Waals surface area contributed by atoms with Crippen LogP contribution in [-0.2, 0) is 0 Å². The molecule has 0 aliphatic carbocycles. The van der Waals surface area contributed by atoms with Crippen LogP contribution in [0.15, 0.2) is 218 Å². The highest BCUT2D eigenvalue weighted by Crippen LogP contribution is 2.25. The van der Waals surface area contributed by atoms with Gasteiger partial charge in [-0.25, -0.2) is 9.59 Å². The number of alkyl halides is 2. The van der Waals surface area contributed by atoms with E-state index < -0.39 is 74.8 Å². The number of carbonyl (C=O) groups excluding carboxylic acids is 12. The maximum absolute atomic E-state index is 10.9. The van der Waals surface area contributed by atoms with Crippen LogP contribution < -0.4 is 4.74 Å². The van der Waals surface area contributed by atoms with Crippen LogP contribution in [-0.4, -0.2) is 97.8 Å². The van der Waals surface area contributed by atoms with Gasteiger partial charge in [-0.05, 0) is 308 Å². The summed E-state index contributed by atoms with van der Waals surface area (Å²) in [4.78, 5) is 149. The molecule has 0 aromatic heterocycles. The van der Waals surface area contributed by atoms with Gasteiger partial charge < -0.3 is 14.9 Å². The fourth-order valence-corrected chi connectivity index (χ4v) is 8.26. The predicted molar refractivity (Wildman–Crippen MR) is 397 cm³/mol. The number of halogens is 14. The molecule has 9 rings (SSSR count). The van der Waals surface area contributed by atoms with E-state index in [0.29, 0.717) is 56.0 Å². The second kappa shape index (κ2) is 48.6. The summed E-state index contributed by atoms with van der Waals surface area (Å²) >= 11 is 72.1. The van der Waals surface area contributed by atoms with Crippen molar-refractivity contribution in [2.45, 2.75) is 0 Å². The Morgan fingerprint density at radius 1 is 0.208 bits per heavy atom. The lowest BCUT2D eigenvalue weighted by molar-refractivity contribution is 0.0681.